The Bertz CT molecular complexity index is 1040. The van der Waals surface area contributed by atoms with E-state index in [1.165, 1.54) is 12.1 Å². The molecule has 0 fully saturated rings. The molecule has 0 bridgehead atoms. The molecule has 0 aliphatic heterocycles. The number of aliphatic hydroxyl groups is 1. The number of benzene rings is 2. The maximum atomic E-state index is 13.0. The van der Waals surface area contributed by atoms with Crippen LogP contribution in [0.25, 0.3) is 11.4 Å². The number of hydrogen-bond donors (Lipinski definition) is 3. The van der Waals surface area contributed by atoms with Crippen LogP contribution in [0.2, 0.25) is 0 Å². The maximum Gasteiger partial charge on any atom is 0.319 e. The van der Waals surface area contributed by atoms with E-state index in [2.05, 4.69) is 26.2 Å². The van der Waals surface area contributed by atoms with Crippen LogP contribution < -0.4 is 10.6 Å². The lowest BCUT2D eigenvalue weighted by Crippen LogP contribution is -2.47. The highest BCUT2D eigenvalue weighted by Gasteiger charge is 2.18. The first kappa shape index (κ1) is 24.3. The molecule has 0 aliphatic rings. The Labute approximate surface area is 192 Å². The van der Waals surface area contributed by atoms with Crippen molar-refractivity contribution >= 4 is 11.7 Å². The SMILES string of the molecule is C[C@@H](NC(=O)Nc1cccc(-c2nnnn2C)c1)[C@@H](O)CN(C)CCCc1ccc(F)cc1. The first-order valence-electron chi connectivity index (χ1n) is 10.8. The minimum Gasteiger partial charge on any atom is -0.390 e. The molecule has 1 aromatic heterocycles. The number of tetrazole rings is 1. The summed E-state index contributed by atoms with van der Waals surface area (Å²) >= 11 is 0. The van der Waals surface area contributed by atoms with Crippen LogP contribution in [0.3, 0.4) is 0 Å². The number of hydrogen-bond acceptors (Lipinski definition) is 6. The van der Waals surface area contributed by atoms with Gasteiger partial charge in [-0.05, 0) is 73.6 Å². The molecule has 0 aliphatic carbocycles. The number of halogens is 1. The fraction of sp³-hybridized carbons (Fsp3) is 0.391. The first-order chi connectivity index (χ1) is 15.8. The van der Waals surface area contributed by atoms with Crippen LogP contribution in [0.4, 0.5) is 14.9 Å². The van der Waals surface area contributed by atoms with Crippen LogP contribution >= 0.6 is 0 Å². The zero-order chi connectivity index (χ0) is 23.8. The second-order valence-corrected chi connectivity index (χ2v) is 8.15. The first-order valence-corrected chi connectivity index (χ1v) is 10.8. The predicted molar refractivity (Wildman–Crippen MR) is 124 cm³/mol. The van der Waals surface area contributed by atoms with Gasteiger partial charge in [0, 0.05) is 24.8 Å². The summed E-state index contributed by atoms with van der Waals surface area (Å²) in [7, 11) is 3.67. The Morgan fingerprint density at radius 2 is 2.00 bits per heavy atom. The minimum absolute atomic E-state index is 0.236. The predicted octanol–water partition coefficient (Wildman–Crippen LogP) is 2.45. The number of carbonyl (C=O) groups is 1. The molecule has 3 rings (SSSR count). The van der Waals surface area contributed by atoms with E-state index in [1.54, 1.807) is 49.0 Å². The Balaban J connectivity index is 1.42. The lowest BCUT2D eigenvalue weighted by molar-refractivity contribution is 0.0975. The smallest absolute Gasteiger partial charge is 0.319 e. The summed E-state index contributed by atoms with van der Waals surface area (Å²) in [4.78, 5) is 14.4. The van der Waals surface area contributed by atoms with Gasteiger partial charge in [-0.1, -0.05) is 24.3 Å². The van der Waals surface area contributed by atoms with E-state index in [-0.39, 0.29) is 5.82 Å². The van der Waals surface area contributed by atoms with Gasteiger partial charge in [0.25, 0.3) is 0 Å². The molecule has 33 heavy (non-hydrogen) atoms. The van der Waals surface area contributed by atoms with Crippen molar-refractivity contribution in [2.24, 2.45) is 7.05 Å². The van der Waals surface area contributed by atoms with Gasteiger partial charge >= 0.3 is 6.03 Å². The molecule has 0 saturated carbocycles. The highest BCUT2D eigenvalue weighted by molar-refractivity contribution is 5.90. The molecule has 9 nitrogen and oxygen atoms in total. The number of aliphatic hydroxyl groups excluding tert-OH is 1. The van der Waals surface area contributed by atoms with Crippen LogP contribution in [0, 0.1) is 5.82 Å². The second kappa shape index (κ2) is 11.5. The average molecular weight is 456 g/mol. The molecule has 0 unspecified atom stereocenters. The molecule has 176 valence electrons. The number of amides is 2. The molecule has 0 saturated heterocycles. The standard InChI is InChI=1S/C23H30FN7O2/c1-16(21(32)15-30(2)13-5-6-17-9-11-19(24)12-10-17)25-23(33)26-20-8-4-7-18(14-20)22-27-28-29-31(22)3/h4,7-12,14,16,21,32H,5-6,13,15H2,1-3H3,(H2,25,26,33)/t16-,21+/m1/s1. The van der Waals surface area contributed by atoms with E-state index in [0.29, 0.717) is 18.1 Å². The lowest BCUT2D eigenvalue weighted by Gasteiger charge is -2.25. The highest BCUT2D eigenvalue weighted by atomic mass is 19.1. The van der Waals surface area contributed by atoms with E-state index in [0.717, 1.165) is 30.5 Å². The van der Waals surface area contributed by atoms with Crippen molar-refractivity contribution in [1.29, 1.82) is 0 Å². The van der Waals surface area contributed by atoms with Gasteiger partial charge in [0.15, 0.2) is 5.82 Å². The summed E-state index contributed by atoms with van der Waals surface area (Å²) in [5, 5.41) is 27.5. The number of aryl methyl sites for hydroxylation is 2. The van der Waals surface area contributed by atoms with Gasteiger partial charge in [0.05, 0.1) is 12.1 Å². The van der Waals surface area contributed by atoms with Gasteiger partial charge in [-0.15, -0.1) is 5.10 Å². The van der Waals surface area contributed by atoms with Crippen molar-refractivity contribution in [3.8, 4) is 11.4 Å². The van der Waals surface area contributed by atoms with Crippen LogP contribution in [0.15, 0.2) is 48.5 Å². The Morgan fingerprint density at radius 3 is 2.70 bits per heavy atom. The summed E-state index contributed by atoms with van der Waals surface area (Å²) in [6.07, 6.45) is 0.983. The summed E-state index contributed by atoms with van der Waals surface area (Å²) in [6, 6.07) is 12.8. The number of anilines is 1. The molecule has 10 heteroatoms. The monoisotopic (exact) mass is 455 g/mol. The van der Waals surface area contributed by atoms with E-state index in [1.807, 2.05) is 18.0 Å². The lowest BCUT2D eigenvalue weighted by atomic mass is 10.1. The number of likely N-dealkylation sites (N-methyl/N-ethyl adjacent to an activating group) is 1. The highest BCUT2D eigenvalue weighted by Crippen LogP contribution is 2.19. The molecule has 1 heterocycles. The van der Waals surface area contributed by atoms with E-state index in [4.69, 9.17) is 0 Å². The number of rotatable bonds is 10. The van der Waals surface area contributed by atoms with E-state index >= 15 is 0 Å². The van der Waals surface area contributed by atoms with Crippen LogP contribution in [-0.4, -0.2) is 68.5 Å². The largest absolute Gasteiger partial charge is 0.390 e. The average Bonchev–Trinajstić information content (AvgIpc) is 3.21. The number of urea groups is 1. The summed E-state index contributed by atoms with van der Waals surface area (Å²) in [5.74, 6) is 0.352. The van der Waals surface area contributed by atoms with Crippen molar-refractivity contribution < 1.29 is 14.3 Å². The molecule has 2 atom stereocenters. The van der Waals surface area contributed by atoms with Crippen LogP contribution in [-0.2, 0) is 13.5 Å². The molecule has 2 amide bonds. The minimum atomic E-state index is -0.734. The van der Waals surface area contributed by atoms with E-state index in [9.17, 15) is 14.3 Å². The van der Waals surface area contributed by atoms with Gasteiger partial charge in [-0.2, -0.15) is 0 Å². The number of nitrogens with zero attached hydrogens (tertiary/aromatic N) is 5. The molecule has 3 N–H and O–H groups in total. The van der Waals surface area contributed by atoms with Gasteiger partial charge in [-0.25, -0.2) is 13.9 Å². The van der Waals surface area contributed by atoms with Gasteiger partial charge in [0.1, 0.15) is 5.82 Å². The summed E-state index contributed by atoms with van der Waals surface area (Å²) in [6.45, 7) is 2.95. The number of nitrogens with one attached hydrogen (secondary N) is 2. The van der Waals surface area contributed by atoms with Crippen LogP contribution in [0.5, 0.6) is 0 Å². The zero-order valence-electron chi connectivity index (χ0n) is 19.1. The molecule has 0 spiro atoms. The van der Waals surface area contributed by atoms with Gasteiger partial charge in [0.2, 0.25) is 0 Å². The molecule has 0 radical (unpaired) electrons. The maximum absolute atomic E-state index is 13.0. The van der Waals surface area contributed by atoms with Crippen molar-refractivity contribution in [2.75, 3.05) is 25.5 Å². The third-order valence-electron chi connectivity index (χ3n) is 5.35. The fourth-order valence-corrected chi connectivity index (χ4v) is 3.45. The van der Waals surface area contributed by atoms with Crippen LogP contribution in [0.1, 0.15) is 18.9 Å². The van der Waals surface area contributed by atoms with Crippen molar-refractivity contribution in [3.05, 3.63) is 59.9 Å². The van der Waals surface area contributed by atoms with Crippen molar-refractivity contribution in [2.45, 2.75) is 31.9 Å². The Kier molecular flexibility index (Phi) is 8.45. The zero-order valence-corrected chi connectivity index (χ0v) is 19.1. The fourth-order valence-electron chi connectivity index (χ4n) is 3.45. The summed E-state index contributed by atoms with van der Waals surface area (Å²) in [5.41, 5.74) is 2.44. The van der Waals surface area contributed by atoms with Gasteiger partial charge < -0.3 is 20.6 Å². The molecule has 3 aromatic rings. The molecular weight excluding hydrogens is 425 g/mol. The Hall–Kier alpha value is -3.37. The third kappa shape index (κ3) is 7.33. The van der Waals surface area contributed by atoms with E-state index < -0.39 is 18.2 Å². The normalized spacial score (nSPS) is 13.0. The van der Waals surface area contributed by atoms with Crippen molar-refractivity contribution in [1.82, 2.24) is 30.4 Å². The van der Waals surface area contributed by atoms with Crippen molar-refractivity contribution in [3.63, 3.8) is 0 Å². The third-order valence-corrected chi connectivity index (χ3v) is 5.35. The van der Waals surface area contributed by atoms with Gasteiger partial charge in [-0.3, -0.25) is 0 Å². The number of aromatic nitrogens is 4. The number of carbonyl (C=O) groups excluding carboxylic acids is 1. The second-order valence-electron chi connectivity index (χ2n) is 8.15. The Morgan fingerprint density at radius 1 is 1.24 bits per heavy atom. The molecule has 2 aromatic carbocycles. The topological polar surface area (TPSA) is 108 Å². The quantitative estimate of drug-likeness (QED) is 0.433. The molecular formula is C23H30FN7O2. The summed E-state index contributed by atoms with van der Waals surface area (Å²) < 4.78 is 14.5.